The monoisotopic (exact) mass is 482 g/mol. The zero-order chi connectivity index (χ0) is 24.3. The molecule has 0 radical (unpaired) electrons. The highest BCUT2D eigenvalue weighted by Crippen LogP contribution is 2.26. The fraction of sp³-hybridized carbons (Fsp3) is 0.130. The molecule has 0 spiro atoms. The zero-order valence-electron chi connectivity index (χ0n) is 17.6. The molecule has 0 fully saturated rings. The highest BCUT2D eigenvalue weighted by atomic mass is 32.2. The molecule has 0 aliphatic carbocycles. The first-order chi connectivity index (χ1) is 16.2. The molecule has 4 rings (SSSR count). The summed E-state index contributed by atoms with van der Waals surface area (Å²) in [4.78, 5) is 35.0. The van der Waals surface area contributed by atoms with E-state index in [1.165, 1.54) is 36.4 Å². The summed E-state index contributed by atoms with van der Waals surface area (Å²) in [5, 5.41) is 11.0. The van der Waals surface area contributed by atoms with Crippen molar-refractivity contribution in [1.29, 1.82) is 0 Å². The summed E-state index contributed by atoms with van der Waals surface area (Å²) in [7, 11) is -4.25. The van der Waals surface area contributed by atoms with Crippen LogP contribution in [0.25, 0.3) is 0 Å². The Morgan fingerprint density at radius 3 is 2.65 bits per heavy atom. The van der Waals surface area contributed by atoms with E-state index >= 15 is 0 Å². The van der Waals surface area contributed by atoms with E-state index < -0.39 is 39.0 Å². The standard InChI is InChI=1S/C23H18N2O8S/c26-21(15-8-9-22-16(12-15)10-11-32-22)14-33-23(27)19-6-1-2-7-20(19)24-34(30,31)18-5-3-4-17(13-18)25(28)29/h1-9,12-13,24H,10-11,14H2. The molecule has 1 aliphatic rings. The number of fused-ring (bicyclic) bond motifs is 1. The topological polar surface area (TPSA) is 142 Å². The van der Waals surface area contributed by atoms with Crippen molar-refractivity contribution in [2.75, 3.05) is 17.9 Å². The SMILES string of the molecule is O=C(COC(=O)c1ccccc1NS(=O)(=O)c1cccc([N+](=O)[O-])c1)c1ccc2c(c1)CCO2. The smallest absolute Gasteiger partial charge is 0.340 e. The van der Waals surface area contributed by atoms with Crippen LogP contribution in [0.5, 0.6) is 5.75 Å². The van der Waals surface area contributed by atoms with Crippen LogP contribution in [0.15, 0.2) is 71.6 Å². The van der Waals surface area contributed by atoms with Gasteiger partial charge in [-0.3, -0.25) is 19.6 Å². The van der Waals surface area contributed by atoms with Crippen molar-refractivity contribution in [3.63, 3.8) is 0 Å². The van der Waals surface area contributed by atoms with Gasteiger partial charge in [-0.1, -0.05) is 18.2 Å². The number of para-hydroxylation sites is 1. The first kappa shape index (κ1) is 22.9. The molecule has 174 valence electrons. The third kappa shape index (κ3) is 4.89. The van der Waals surface area contributed by atoms with Gasteiger partial charge in [-0.05, 0) is 42.0 Å². The maximum absolute atomic E-state index is 12.7. The summed E-state index contributed by atoms with van der Waals surface area (Å²) in [5.41, 5.74) is 0.662. The second kappa shape index (κ2) is 9.32. The Morgan fingerprint density at radius 2 is 1.85 bits per heavy atom. The quantitative estimate of drug-likeness (QED) is 0.223. The fourth-order valence-electron chi connectivity index (χ4n) is 3.37. The third-order valence-corrected chi connectivity index (χ3v) is 6.44. The molecule has 1 aliphatic heterocycles. The van der Waals surface area contributed by atoms with Gasteiger partial charge in [0, 0.05) is 24.1 Å². The van der Waals surface area contributed by atoms with Gasteiger partial charge in [-0.25, -0.2) is 13.2 Å². The molecular formula is C23H18N2O8S. The summed E-state index contributed by atoms with van der Waals surface area (Å²) in [5.74, 6) is -0.605. The molecule has 0 amide bonds. The van der Waals surface area contributed by atoms with Gasteiger partial charge in [-0.15, -0.1) is 0 Å². The van der Waals surface area contributed by atoms with Crippen LogP contribution in [0.3, 0.4) is 0 Å². The van der Waals surface area contributed by atoms with Crippen LogP contribution < -0.4 is 9.46 Å². The van der Waals surface area contributed by atoms with Gasteiger partial charge in [0.25, 0.3) is 15.7 Å². The lowest BCUT2D eigenvalue weighted by atomic mass is 10.1. The number of hydrogen-bond acceptors (Lipinski definition) is 8. The van der Waals surface area contributed by atoms with Crippen molar-refractivity contribution in [2.24, 2.45) is 0 Å². The molecule has 10 nitrogen and oxygen atoms in total. The van der Waals surface area contributed by atoms with Crippen molar-refractivity contribution < 1.29 is 32.4 Å². The van der Waals surface area contributed by atoms with Crippen molar-refractivity contribution in [3.8, 4) is 5.75 Å². The van der Waals surface area contributed by atoms with E-state index in [4.69, 9.17) is 9.47 Å². The summed E-state index contributed by atoms with van der Waals surface area (Å²) in [6.45, 7) is 0.00935. The minimum Gasteiger partial charge on any atom is -0.493 e. The molecule has 0 bridgehead atoms. The lowest BCUT2D eigenvalue weighted by Gasteiger charge is -2.12. The molecule has 0 aromatic heterocycles. The number of nitro groups is 1. The lowest BCUT2D eigenvalue weighted by molar-refractivity contribution is -0.385. The van der Waals surface area contributed by atoms with E-state index in [-0.39, 0.29) is 16.1 Å². The van der Waals surface area contributed by atoms with Crippen LogP contribution in [-0.2, 0) is 21.2 Å². The van der Waals surface area contributed by atoms with Crippen LogP contribution in [0.2, 0.25) is 0 Å². The number of hydrogen-bond donors (Lipinski definition) is 1. The van der Waals surface area contributed by atoms with Crippen molar-refractivity contribution in [3.05, 3.63) is 93.5 Å². The maximum atomic E-state index is 12.7. The van der Waals surface area contributed by atoms with Gasteiger partial charge in [0.1, 0.15) is 5.75 Å². The first-order valence-electron chi connectivity index (χ1n) is 10.1. The Bertz CT molecular complexity index is 1400. The molecule has 34 heavy (non-hydrogen) atoms. The molecule has 1 N–H and O–H groups in total. The number of rotatable bonds is 8. The second-order valence-corrected chi connectivity index (χ2v) is 9.01. The maximum Gasteiger partial charge on any atom is 0.340 e. The van der Waals surface area contributed by atoms with Gasteiger partial charge >= 0.3 is 5.97 Å². The van der Waals surface area contributed by atoms with E-state index in [1.54, 1.807) is 18.2 Å². The first-order valence-corrected chi connectivity index (χ1v) is 11.6. The molecule has 1 heterocycles. The average Bonchev–Trinajstić information content (AvgIpc) is 3.30. The molecule has 3 aromatic carbocycles. The van der Waals surface area contributed by atoms with Crippen LogP contribution in [0, 0.1) is 10.1 Å². The van der Waals surface area contributed by atoms with Gasteiger partial charge in [0.15, 0.2) is 12.4 Å². The number of non-ortho nitro benzene ring substituents is 1. The fourth-order valence-corrected chi connectivity index (χ4v) is 4.49. The Morgan fingerprint density at radius 1 is 1.06 bits per heavy atom. The van der Waals surface area contributed by atoms with Gasteiger partial charge < -0.3 is 9.47 Å². The minimum absolute atomic E-state index is 0.0962. The van der Waals surface area contributed by atoms with Crippen molar-refractivity contribution >= 4 is 33.2 Å². The summed E-state index contributed by atoms with van der Waals surface area (Å²) in [6.07, 6.45) is 0.689. The number of ether oxygens (including phenoxy) is 2. The van der Waals surface area contributed by atoms with Crippen LogP contribution in [0.1, 0.15) is 26.3 Å². The number of nitrogens with one attached hydrogen (secondary N) is 1. The van der Waals surface area contributed by atoms with E-state index in [2.05, 4.69) is 4.72 Å². The number of benzene rings is 3. The van der Waals surface area contributed by atoms with Crippen molar-refractivity contribution in [2.45, 2.75) is 11.3 Å². The van der Waals surface area contributed by atoms with Crippen LogP contribution >= 0.6 is 0 Å². The molecule has 11 heteroatoms. The van der Waals surface area contributed by atoms with Crippen molar-refractivity contribution in [1.82, 2.24) is 0 Å². The van der Waals surface area contributed by atoms with Gasteiger partial charge in [0.2, 0.25) is 0 Å². The number of Topliss-reactive ketones (excluding diaryl/α,β-unsaturated/α-hetero) is 1. The zero-order valence-corrected chi connectivity index (χ0v) is 18.4. The number of nitrogens with zero attached hydrogens (tertiary/aromatic N) is 1. The molecule has 3 aromatic rings. The van der Waals surface area contributed by atoms with Crippen LogP contribution in [0.4, 0.5) is 11.4 Å². The van der Waals surface area contributed by atoms with E-state index in [0.29, 0.717) is 18.6 Å². The molecule has 0 atom stereocenters. The summed E-state index contributed by atoms with van der Waals surface area (Å²) < 4.78 is 38.3. The second-order valence-electron chi connectivity index (χ2n) is 7.33. The average molecular weight is 482 g/mol. The molecular weight excluding hydrogens is 464 g/mol. The number of ketones is 1. The Balaban J connectivity index is 1.48. The minimum atomic E-state index is -4.25. The number of anilines is 1. The van der Waals surface area contributed by atoms with E-state index in [9.17, 15) is 28.1 Å². The lowest BCUT2D eigenvalue weighted by Crippen LogP contribution is -2.18. The Labute approximate surface area is 194 Å². The highest BCUT2D eigenvalue weighted by Gasteiger charge is 2.22. The van der Waals surface area contributed by atoms with Crippen LogP contribution in [-0.4, -0.2) is 38.3 Å². The molecule has 0 saturated carbocycles. The highest BCUT2D eigenvalue weighted by molar-refractivity contribution is 7.92. The summed E-state index contributed by atoms with van der Waals surface area (Å²) in [6, 6.07) is 15.2. The van der Waals surface area contributed by atoms with E-state index in [0.717, 1.165) is 23.4 Å². The summed E-state index contributed by atoms with van der Waals surface area (Å²) >= 11 is 0. The third-order valence-electron chi connectivity index (χ3n) is 5.08. The molecule has 0 unspecified atom stereocenters. The number of esters is 1. The number of carbonyl (C=O) groups excluding carboxylic acids is 2. The number of carbonyl (C=O) groups is 2. The predicted molar refractivity (Wildman–Crippen MR) is 121 cm³/mol. The number of nitro benzene ring substituents is 1. The Kier molecular flexibility index (Phi) is 6.28. The largest absolute Gasteiger partial charge is 0.493 e. The normalized spacial score (nSPS) is 12.4. The van der Waals surface area contributed by atoms with Gasteiger partial charge in [0.05, 0.1) is 27.7 Å². The predicted octanol–water partition coefficient (Wildman–Crippen LogP) is 3.37. The number of sulfonamides is 1. The van der Waals surface area contributed by atoms with Gasteiger partial charge in [-0.2, -0.15) is 0 Å². The van der Waals surface area contributed by atoms with E-state index in [1.807, 2.05) is 0 Å². The Hall–Kier alpha value is -4.25. The molecule has 0 saturated heterocycles.